The van der Waals surface area contributed by atoms with Crippen LogP contribution in [0, 0.1) is 5.92 Å². The molecule has 0 bridgehead atoms. The average molecular weight is 400 g/mol. The van der Waals surface area contributed by atoms with Crippen LogP contribution in [-0.2, 0) is 21.1 Å². The molecule has 1 amide bonds. The summed E-state index contributed by atoms with van der Waals surface area (Å²) in [6.07, 6.45) is 1.41. The van der Waals surface area contributed by atoms with E-state index in [4.69, 9.17) is 16.3 Å². The third kappa shape index (κ3) is 3.70. The van der Waals surface area contributed by atoms with Gasteiger partial charge in [-0.2, -0.15) is 0 Å². The molecule has 26 heavy (non-hydrogen) atoms. The van der Waals surface area contributed by atoms with Crippen LogP contribution in [0.15, 0.2) is 18.2 Å². The van der Waals surface area contributed by atoms with Gasteiger partial charge in [0.15, 0.2) is 9.84 Å². The molecule has 2 saturated heterocycles. The molecule has 3 heterocycles. The SMILES string of the molecule is O=C([C@@H]1COc2ccc(Cl)cc2C1)N1CC[NH+]([C@@H]2CCS(=O)(=O)C2)CC1. The van der Waals surface area contributed by atoms with Crippen LogP contribution in [0.4, 0.5) is 0 Å². The number of amides is 1. The first-order chi connectivity index (χ1) is 12.4. The Morgan fingerprint density at radius 2 is 2.04 bits per heavy atom. The highest BCUT2D eigenvalue weighted by atomic mass is 35.5. The molecule has 2 fully saturated rings. The molecule has 0 aliphatic carbocycles. The zero-order valence-corrected chi connectivity index (χ0v) is 16.2. The summed E-state index contributed by atoms with van der Waals surface area (Å²) in [4.78, 5) is 16.1. The van der Waals surface area contributed by atoms with Crippen LogP contribution in [0.1, 0.15) is 12.0 Å². The summed E-state index contributed by atoms with van der Waals surface area (Å²) in [5.74, 6) is 1.38. The zero-order valence-electron chi connectivity index (χ0n) is 14.6. The van der Waals surface area contributed by atoms with Gasteiger partial charge in [-0.05, 0) is 30.2 Å². The van der Waals surface area contributed by atoms with E-state index in [9.17, 15) is 13.2 Å². The molecule has 1 aromatic carbocycles. The van der Waals surface area contributed by atoms with Crippen molar-refractivity contribution in [3.63, 3.8) is 0 Å². The van der Waals surface area contributed by atoms with Crippen molar-refractivity contribution in [1.82, 2.24) is 4.90 Å². The molecular formula is C18H24ClN2O4S+. The normalized spacial score (nSPS) is 28.4. The molecule has 4 rings (SSSR count). The Kier molecular flexibility index (Phi) is 4.88. The zero-order chi connectivity index (χ0) is 18.3. The fourth-order valence-corrected chi connectivity index (χ4v) is 6.34. The number of halogens is 1. The van der Waals surface area contributed by atoms with E-state index in [2.05, 4.69) is 0 Å². The lowest BCUT2D eigenvalue weighted by Crippen LogP contribution is -3.18. The van der Waals surface area contributed by atoms with E-state index in [0.29, 0.717) is 42.6 Å². The van der Waals surface area contributed by atoms with Crippen LogP contribution >= 0.6 is 11.6 Å². The van der Waals surface area contributed by atoms with Gasteiger partial charge in [-0.3, -0.25) is 4.79 Å². The van der Waals surface area contributed by atoms with E-state index < -0.39 is 9.84 Å². The van der Waals surface area contributed by atoms with Gasteiger partial charge >= 0.3 is 0 Å². The molecule has 0 unspecified atom stereocenters. The Morgan fingerprint density at radius 1 is 1.27 bits per heavy atom. The number of hydrogen-bond acceptors (Lipinski definition) is 4. The van der Waals surface area contributed by atoms with E-state index in [1.54, 1.807) is 6.07 Å². The van der Waals surface area contributed by atoms with Gasteiger partial charge in [0.25, 0.3) is 0 Å². The lowest BCUT2D eigenvalue weighted by molar-refractivity contribution is -0.925. The van der Waals surface area contributed by atoms with Crippen LogP contribution in [0.25, 0.3) is 0 Å². The van der Waals surface area contributed by atoms with Crippen molar-refractivity contribution in [2.24, 2.45) is 5.92 Å². The number of fused-ring (bicyclic) bond motifs is 1. The Hall–Kier alpha value is -1.31. The standard InChI is InChI=1S/C18H23ClN2O4S/c19-15-1-2-17-13(10-15)9-14(11-25-17)18(22)21-6-4-20(5-7-21)16-3-8-26(23,24)12-16/h1-2,10,14,16H,3-9,11-12H2/p+1/t14-,16+/m0/s1. The molecule has 1 aromatic rings. The van der Waals surface area contributed by atoms with Crippen LogP contribution in [0.2, 0.25) is 5.02 Å². The highest BCUT2D eigenvalue weighted by molar-refractivity contribution is 7.91. The summed E-state index contributed by atoms with van der Waals surface area (Å²) in [6.45, 7) is 3.42. The maximum absolute atomic E-state index is 12.9. The minimum Gasteiger partial charge on any atom is -0.492 e. The molecule has 6 nitrogen and oxygen atoms in total. The van der Waals surface area contributed by atoms with E-state index in [0.717, 1.165) is 30.8 Å². The predicted molar refractivity (Wildman–Crippen MR) is 98.5 cm³/mol. The quantitative estimate of drug-likeness (QED) is 0.748. The van der Waals surface area contributed by atoms with E-state index in [-0.39, 0.29) is 17.9 Å². The molecular weight excluding hydrogens is 376 g/mol. The van der Waals surface area contributed by atoms with Gasteiger partial charge in [-0.25, -0.2) is 8.42 Å². The van der Waals surface area contributed by atoms with Crippen LogP contribution in [0.5, 0.6) is 5.75 Å². The third-order valence-corrected chi connectivity index (χ3v) is 7.81. The number of ether oxygens (including phenoxy) is 1. The van der Waals surface area contributed by atoms with Gasteiger partial charge in [0, 0.05) is 11.4 Å². The summed E-state index contributed by atoms with van der Waals surface area (Å²) in [5.41, 5.74) is 0.988. The average Bonchev–Trinajstić information content (AvgIpc) is 3.00. The van der Waals surface area contributed by atoms with Gasteiger partial charge in [-0.15, -0.1) is 0 Å². The van der Waals surface area contributed by atoms with Gasteiger partial charge < -0.3 is 14.5 Å². The summed E-state index contributed by atoms with van der Waals surface area (Å²) in [6, 6.07) is 5.73. The molecule has 2 atom stereocenters. The summed E-state index contributed by atoms with van der Waals surface area (Å²) in [5, 5.41) is 0.657. The van der Waals surface area contributed by atoms with Crippen molar-refractivity contribution in [2.75, 3.05) is 44.3 Å². The summed E-state index contributed by atoms with van der Waals surface area (Å²) in [7, 11) is -2.85. The van der Waals surface area contributed by atoms with Crippen molar-refractivity contribution in [3.05, 3.63) is 28.8 Å². The van der Waals surface area contributed by atoms with Crippen molar-refractivity contribution in [2.45, 2.75) is 18.9 Å². The number of carbonyl (C=O) groups is 1. The largest absolute Gasteiger partial charge is 0.492 e. The molecule has 8 heteroatoms. The number of benzene rings is 1. The van der Waals surface area contributed by atoms with Crippen molar-refractivity contribution < 1.29 is 22.8 Å². The van der Waals surface area contributed by atoms with Gasteiger partial charge in [0.2, 0.25) is 5.91 Å². The third-order valence-electron chi connectivity index (χ3n) is 5.81. The molecule has 0 radical (unpaired) electrons. The maximum atomic E-state index is 12.9. The van der Waals surface area contributed by atoms with Crippen LogP contribution in [0.3, 0.4) is 0 Å². The fourth-order valence-electron chi connectivity index (χ4n) is 4.32. The van der Waals surface area contributed by atoms with Crippen molar-refractivity contribution in [3.8, 4) is 5.75 Å². The molecule has 3 aliphatic rings. The van der Waals surface area contributed by atoms with Gasteiger partial charge in [0.1, 0.15) is 24.2 Å². The first kappa shape index (κ1) is 18.1. The number of rotatable bonds is 2. The molecule has 142 valence electrons. The Balaban J connectivity index is 1.34. The number of quaternary nitrogens is 1. The van der Waals surface area contributed by atoms with E-state index in [1.807, 2.05) is 17.0 Å². The highest BCUT2D eigenvalue weighted by Gasteiger charge is 2.38. The highest BCUT2D eigenvalue weighted by Crippen LogP contribution is 2.30. The van der Waals surface area contributed by atoms with E-state index >= 15 is 0 Å². The Morgan fingerprint density at radius 3 is 2.73 bits per heavy atom. The molecule has 3 aliphatic heterocycles. The Bertz CT molecular complexity index is 805. The van der Waals surface area contributed by atoms with E-state index in [1.165, 1.54) is 4.90 Å². The van der Waals surface area contributed by atoms with Crippen molar-refractivity contribution in [1.29, 1.82) is 0 Å². The summed E-state index contributed by atoms with van der Waals surface area (Å²) >= 11 is 6.05. The van der Waals surface area contributed by atoms with Crippen LogP contribution in [-0.4, -0.2) is 69.6 Å². The number of sulfone groups is 1. The smallest absolute Gasteiger partial charge is 0.229 e. The molecule has 0 saturated carbocycles. The first-order valence-corrected chi connectivity index (χ1v) is 11.4. The first-order valence-electron chi connectivity index (χ1n) is 9.16. The lowest BCUT2D eigenvalue weighted by Gasteiger charge is -2.37. The molecule has 1 N–H and O–H groups in total. The van der Waals surface area contributed by atoms with Gasteiger partial charge in [0.05, 0.1) is 37.8 Å². The van der Waals surface area contributed by atoms with Gasteiger partial charge in [-0.1, -0.05) is 11.6 Å². The maximum Gasteiger partial charge on any atom is 0.229 e. The second kappa shape index (κ2) is 7.02. The minimum absolute atomic E-state index is 0.133. The number of nitrogens with one attached hydrogen (secondary N) is 1. The predicted octanol–water partition coefficient (Wildman–Crippen LogP) is -0.195. The number of carbonyl (C=O) groups excluding carboxylic acids is 1. The van der Waals surface area contributed by atoms with Crippen molar-refractivity contribution >= 4 is 27.3 Å². The number of nitrogens with zero attached hydrogens (tertiary/aromatic N) is 1. The minimum atomic E-state index is -2.85. The molecule has 0 spiro atoms. The lowest BCUT2D eigenvalue weighted by atomic mass is 9.95. The fraction of sp³-hybridized carbons (Fsp3) is 0.611. The second-order valence-corrected chi connectivity index (χ2v) is 10.2. The summed E-state index contributed by atoms with van der Waals surface area (Å²) < 4.78 is 29.1. The molecule has 0 aromatic heterocycles. The number of hydrogen-bond donors (Lipinski definition) is 1. The van der Waals surface area contributed by atoms with Crippen LogP contribution < -0.4 is 9.64 Å². The second-order valence-electron chi connectivity index (χ2n) is 7.55. The topological polar surface area (TPSA) is 68.1 Å². The number of piperazine rings is 1. The monoisotopic (exact) mass is 399 g/mol. The Labute approximate surface area is 159 Å².